The molecule has 1 aliphatic heterocycles. The number of hydrogen-bond donors (Lipinski definition) is 1. The van der Waals surface area contributed by atoms with Gasteiger partial charge in [-0.05, 0) is 40.0 Å². The molecule has 33 heavy (non-hydrogen) atoms. The van der Waals surface area contributed by atoms with Gasteiger partial charge in [-0.2, -0.15) is 0 Å². The largest absolute Gasteiger partial charge is 0.507 e. The Hall–Kier alpha value is -3.07. The number of carbonyl (C=O) groups excluding carboxylic acids is 1. The molecule has 1 N–H and O–H groups in total. The number of ketones is 1. The number of fused-ring (bicyclic) bond motifs is 1. The first kappa shape index (κ1) is 23.1. The zero-order chi connectivity index (χ0) is 24.1. The van der Waals surface area contributed by atoms with Gasteiger partial charge in [0.05, 0.1) is 5.92 Å². The fraction of sp³-hybridized carbons (Fsp3) is 0.367. The van der Waals surface area contributed by atoms with Crippen molar-refractivity contribution in [1.82, 2.24) is 0 Å². The molecule has 4 rings (SSSR count). The average molecular weight is 443 g/mol. The molecule has 1 heterocycles. The van der Waals surface area contributed by atoms with Gasteiger partial charge < -0.3 is 9.84 Å². The van der Waals surface area contributed by atoms with Gasteiger partial charge in [0.15, 0.2) is 6.10 Å². The summed E-state index contributed by atoms with van der Waals surface area (Å²) in [5, 5.41) is 11.2. The number of hydrogen-bond acceptors (Lipinski definition) is 3. The van der Waals surface area contributed by atoms with Gasteiger partial charge in [-0.3, -0.25) is 4.79 Å². The summed E-state index contributed by atoms with van der Waals surface area (Å²) in [5.41, 5.74) is 4.95. The standard InChI is InChI=1S/C30H34O3/c1-18-12-11-15-21-24(28(33-27(18)21)25(31)19-13-9-8-10-14-19)20-16-22(29(2,3)4)26(32)23(17-20)30(5,6)7/h8-17,24,28,32H,1-7H3/t24-,28-/m0/s1. The normalized spacial score (nSPS) is 18.0. The van der Waals surface area contributed by atoms with Crippen molar-refractivity contribution in [2.75, 3.05) is 0 Å². The highest BCUT2D eigenvalue weighted by Crippen LogP contribution is 2.48. The Balaban J connectivity index is 1.96. The van der Waals surface area contributed by atoms with Crippen LogP contribution in [0.3, 0.4) is 0 Å². The first-order chi connectivity index (χ1) is 15.4. The summed E-state index contributed by atoms with van der Waals surface area (Å²) >= 11 is 0. The van der Waals surface area contributed by atoms with Gasteiger partial charge >= 0.3 is 0 Å². The summed E-state index contributed by atoms with van der Waals surface area (Å²) in [7, 11) is 0. The van der Waals surface area contributed by atoms with E-state index >= 15 is 0 Å². The summed E-state index contributed by atoms with van der Waals surface area (Å²) in [6.07, 6.45) is -0.659. The monoisotopic (exact) mass is 442 g/mol. The summed E-state index contributed by atoms with van der Waals surface area (Å²) in [4.78, 5) is 13.7. The van der Waals surface area contributed by atoms with E-state index in [1.807, 2.05) is 49.4 Å². The maximum Gasteiger partial charge on any atom is 0.204 e. The van der Waals surface area contributed by atoms with Crippen molar-refractivity contribution in [2.24, 2.45) is 0 Å². The maximum absolute atomic E-state index is 13.7. The minimum Gasteiger partial charge on any atom is -0.507 e. The first-order valence-electron chi connectivity index (χ1n) is 11.6. The molecule has 3 aromatic carbocycles. The summed E-state index contributed by atoms with van der Waals surface area (Å²) in [5.74, 6) is 0.849. The summed E-state index contributed by atoms with van der Waals surface area (Å²) in [6, 6.07) is 19.6. The van der Waals surface area contributed by atoms with E-state index in [1.165, 1.54) is 0 Å². The molecule has 3 aromatic rings. The van der Waals surface area contributed by atoms with Gasteiger partial charge in [-0.15, -0.1) is 0 Å². The Labute approximate surface area is 197 Å². The second-order valence-corrected chi connectivity index (χ2v) is 11.2. The number of rotatable bonds is 3. The van der Waals surface area contributed by atoms with E-state index in [9.17, 15) is 9.90 Å². The Morgan fingerprint density at radius 3 is 1.97 bits per heavy atom. The number of para-hydroxylation sites is 1. The molecule has 3 nitrogen and oxygen atoms in total. The molecule has 0 unspecified atom stereocenters. The van der Waals surface area contributed by atoms with Crippen molar-refractivity contribution < 1.29 is 14.6 Å². The highest BCUT2D eigenvalue weighted by atomic mass is 16.5. The highest BCUT2D eigenvalue weighted by molar-refractivity contribution is 6.01. The third kappa shape index (κ3) is 4.17. The van der Waals surface area contributed by atoms with Crippen LogP contribution in [0.15, 0.2) is 60.7 Å². The summed E-state index contributed by atoms with van der Waals surface area (Å²) < 4.78 is 6.39. The van der Waals surface area contributed by atoms with Crippen LogP contribution < -0.4 is 4.74 Å². The molecule has 0 fully saturated rings. The molecule has 0 aliphatic carbocycles. The lowest BCUT2D eigenvalue weighted by Crippen LogP contribution is -2.30. The predicted molar refractivity (Wildman–Crippen MR) is 134 cm³/mol. The second-order valence-electron chi connectivity index (χ2n) is 11.2. The molecule has 0 saturated heterocycles. The van der Waals surface area contributed by atoms with Gasteiger partial charge in [0, 0.05) is 11.1 Å². The van der Waals surface area contributed by atoms with Crippen LogP contribution in [0.1, 0.15) is 85.6 Å². The van der Waals surface area contributed by atoms with Crippen LogP contribution in [-0.4, -0.2) is 17.0 Å². The highest BCUT2D eigenvalue weighted by Gasteiger charge is 2.42. The number of phenolic OH excluding ortho intramolecular Hbond substituents is 1. The topological polar surface area (TPSA) is 46.5 Å². The lowest BCUT2D eigenvalue weighted by Gasteiger charge is -2.30. The Kier molecular flexibility index (Phi) is 5.64. The van der Waals surface area contributed by atoms with Gasteiger partial charge in [0.2, 0.25) is 5.78 Å². The smallest absolute Gasteiger partial charge is 0.204 e. The Bertz CT molecular complexity index is 1160. The number of ether oxygens (including phenoxy) is 1. The predicted octanol–water partition coefficient (Wildman–Crippen LogP) is 7.07. The van der Waals surface area contributed by atoms with E-state index in [0.717, 1.165) is 33.6 Å². The zero-order valence-corrected chi connectivity index (χ0v) is 20.7. The van der Waals surface area contributed by atoms with Crippen LogP contribution in [0, 0.1) is 6.92 Å². The van der Waals surface area contributed by atoms with Crippen LogP contribution in [0.4, 0.5) is 0 Å². The van der Waals surface area contributed by atoms with Crippen LogP contribution in [0.5, 0.6) is 11.5 Å². The van der Waals surface area contributed by atoms with Crippen LogP contribution in [0.2, 0.25) is 0 Å². The fourth-order valence-corrected chi connectivity index (χ4v) is 4.74. The molecule has 1 aliphatic rings. The quantitative estimate of drug-likeness (QED) is 0.441. The molecule has 0 bridgehead atoms. The minimum absolute atomic E-state index is 0.0288. The van der Waals surface area contributed by atoms with Crippen LogP contribution in [-0.2, 0) is 10.8 Å². The van der Waals surface area contributed by atoms with Crippen molar-refractivity contribution in [2.45, 2.75) is 71.3 Å². The number of aryl methyl sites for hydroxylation is 1. The van der Waals surface area contributed by atoms with E-state index in [2.05, 4.69) is 59.7 Å². The van der Waals surface area contributed by atoms with Crippen molar-refractivity contribution >= 4 is 5.78 Å². The van der Waals surface area contributed by atoms with E-state index in [1.54, 1.807) is 0 Å². The lowest BCUT2D eigenvalue weighted by atomic mass is 9.75. The van der Waals surface area contributed by atoms with Gasteiger partial charge in [0.1, 0.15) is 11.5 Å². The summed E-state index contributed by atoms with van der Waals surface area (Å²) in [6.45, 7) is 14.6. The molecule has 0 spiro atoms. The number of phenols is 1. The first-order valence-corrected chi connectivity index (χ1v) is 11.6. The SMILES string of the molecule is Cc1cccc2c1O[C@H](C(=O)c1ccccc1)[C@H]2c1cc(C(C)(C)C)c(O)c(C(C)(C)C)c1. The third-order valence-electron chi connectivity index (χ3n) is 6.55. The Morgan fingerprint density at radius 2 is 1.42 bits per heavy atom. The fourth-order valence-electron chi connectivity index (χ4n) is 4.74. The molecule has 2 atom stereocenters. The van der Waals surface area contributed by atoms with Crippen molar-refractivity contribution in [3.8, 4) is 11.5 Å². The average Bonchev–Trinajstić information content (AvgIpc) is 3.13. The van der Waals surface area contributed by atoms with E-state index in [0.29, 0.717) is 11.3 Å². The molecule has 3 heteroatoms. The Morgan fingerprint density at radius 1 is 0.848 bits per heavy atom. The van der Waals surface area contributed by atoms with Gasteiger partial charge in [0.25, 0.3) is 0 Å². The second kappa shape index (κ2) is 8.06. The molecular weight excluding hydrogens is 408 g/mol. The molecular formula is C30H34O3. The van der Waals surface area contributed by atoms with Crippen LogP contribution >= 0.6 is 0 Å². The number of Topliss-reactive ketones (excluding diaryl/α,β-unsaturated/α-hetero) is 1. The van der Waals surface area contributed by atoms with E-state index < -0.39 is 6.10 Å². The number of benzene rings is 3. The van der Waals surface area contributed by atoms with E-state index in [4.69, 9.17) is 4.74 Å². The molecule has 0 aromatic heterocycles. The lowest BCUT2D eigenvalue weighted by molar-refractivity contribution is 0.0806. The molecule has 0 saturated carbocycles. The number of aromatic hydroxyl groups is 1. The van der Waals surface area contributed by atoms with Crippen molar-refractivity contribution in [3.05, 3.63) is 94.0 Å². The minimum atomic E-state index is -0.659. The van der Waals surface area contributed by atoms with Gasteiger partial charge in [-0.1, -0.05) is 102 Å². The van der Waals surface area contributed by atoms with Gasteiger partial charge in [-0.25, -0.2) is 0 Å². The van der Waals surface area contributed by atoms with Crippen molar-refractivity contribution in [3.63, 3.8) is 0 Å². The molecule has 0 amide bonds. The van der Waals surface area contributed by atoms with Crippen LogP contribution in [0.25, 0.3) is 0 Å². The molecule has 0 radical (unpaired) electrons. The zero-order valence-electron chi connectivity index (χ0n) is 20.7. The third-order valence-corrected chi connectivity index (χ3v) is 6.55. The number of carbonyl (C=O) groups is 1. The van der Waals surface area contributed by atoms with E-state index in [-0.39, 0.29) is 22.5 Å². The molecule has 172 valence electrons. The maximum atomic E-state index is 13.7. The van der Waals surface area contributed by atoms with Crippen molar-refractivity contribution in [1.29, 1.82) is 0 Å².